The monoisotopic (exact) mass is 597 g/mol. The first kappa shape index (κ1) is 33.5. The number of methoxy groups -OCH3 is 1. The van der Waals surface area contributed by atoms with E-state index in [1.54, 1.807) is 24.7 Å². The van der Waals surface area contributed by atoms with Crippen LogP contribution >= 0.6 is 0 Å². The zero-order chi connectivity index (χ0) is 31.6. The summed E-state index contributed by atoms with van der Waals surface area (Å²) in [4.78, 5) is 30.8. The van der Waals surface area contributed by atoms with Crippen LogP contribution in [0.25, 0.3) is 0 Å². The van der Waals surface area contributed by atoms with E-state index in [2.05, 4.69) is 28.4 Å². The fraction of sp³-hybridized carbons (Fsp3) is 0.500. The summed E-state index contributed by atoms with van der Waals surface area (Å²) in [6.07, 6.45) is 6.72. The van der Waals surface area contributed by atoms with E-state index in [9.17, 15) is 14.0 Å². The molecule has 2 aromatic rings. The minimum Gasteiger partial charge on any atom is -0.494 e. The summed E-state index contributed by atoms with van der Waals surface area (Å²) in [6.45, 7) is 14.6. The molecule has 0 unspecified atom stereocenters. The molecule has 0 bridgehead atoms. The first-order chi connectivity index (χ1) is 20.4. The molecule has 11 heteroatoms. The van der Waals surface area contributed by atoms with Gasteiger partial charge in [0, 0.05) is 31.4 Å². The summed E-state index contributed by atoms with van der Waals surface area (Å²) in [6, 6.07) is 3.18. The molecule has 0 aliphatic carbocycles. The van der Waals surface area contributed by atoms with E-state index in [0.29, 0.717) is 18.7 Å². The number of ether oxygens (including phenoxy) is 3. The van der Waals surface area contributed by atoms with Crippen molar-refractivity contribution in [1.82, 2.24) is 20.1 Å². The Kier molecular flexibility index (Phi) is 12.1. The number of carbonyl (C=O) groups is 2. The van der Waals surface area contributed by atoms with Gasteiger partial charge in [-0.1, -0.05) is 12.6 Å². The van der Waals surface area contributed by atoms with Crippen molar-refractivity contribution in [2.45, 2.75) is 85.1 Å². The Morgan fingerprint density at radius 3 is 2.74 bits per heavy atom. The number of aromatic nitrogens is 3. The van der Waals surface area contributed by atoms with E-state index in [1.165, 1.54) is 18.7 Å². The minimum atomic E-state index is -0.945. The van der Waals surface area contributed by atoms with Crippen molar-refractivity contribution >= 4 is 17.7 Å². The molecule has 0 aromatic carbocycles. The highest BCUT2D eigenvalue weighted by molar-refractivity contribution is 5.95. The van der Waals surface area contributed by atoms with Crippen LogP contribution in [0.15, 0.2) is 54.2 Å². The number of nitrogens with one attached hydrogen (secondary N) is 2. The lowest BCUT2D eigenvalue weighted by atomic mass is 10.0. The third kappa shape index (κ3) is 10.1. The van der Waals surface area contributed by atoms with Crippen molar-refractivity contribution in [3.8, 4) is 0 Å². The second-order valence-electron chi connectivity index (χ2n) is 11.2. The van der Waals surface area contributed by atoms with Gasteiger partial charge in [0.05, 0.1) is 44.0 Å². The maximum absolute atomic E-state index is 14.8. The quantitative estimate of drug-likeness (QED) is 0.173. The Morgan fingerprint density at radius 1 is 1.30 bits per heavy atom. The van der Waals surface area contributed by atoms with Crippen LogP contribution in [0, 0.1) is 0 Å². The number of allylic oxidation sites excluding steroid dienone is 2. The van der Waals surface area contributed by atoms with E-state index in [-0.39, 0.29) is 36.5 Å². The van der Waals surface area contributed by atoms with Crippen LogP contribution in [0.3, 0.4) is 0 Å². The molecule has 0 saturated carbocycles. The lowest BCUT2D eigenvalue weighted by Crippen LogP contribution is -2.38. The zero-order valence-electron chi connectivity index (χ0n) is 26.1. The van der Waals surface area contributed by atoms with Gasteiger partial charge in [-0.2, -0.15) is 5.10 Å². The largest absolute Gasteiger partial charge is 0.494 e. The smallest absolute Gasteiger partial charge is 0.308 e. The average Bonchev–Trinajstić information content (AvgIpc) is 3.38. The van der Waals surface area contributed by atoms with Gasteiger partial charge in [-0.25, -0.2) is 9.37 Å². The molecule has 0 spiro atoms. The topological polar surface area (TPSA) is 117 Å². The number of halogens is 1. The average molecular weight is 598 g/mol. The van der Waals surface area contributed by atoms with Gasteiger partial charge in [-0.05, 0) is 76.8 Å². The van der Waals surface area contributed by atoms with Crippen molar-refractivity contribution in [3.63, 3.8) is 0 Å². The lowest BCUT2D eigenvalue weighted by Gasteiger charge is -2.20. The molecule has 0 radical (unpaired) electrons. The number of fused-ring (bicyclic) bond motifs is 1. The van der Waals surface area contributed by atoms with Crippen LogP contribution in [0.4, 0.5) is 10.2 Å². The number of carbonyl (C=O) groups excluding carboxylic acids is 2. The third-order valence-corrected chi connectivity index (χ3v) is 6.73. The number of amides is 1. The predicted molar refractivity (Wildman–Crippen MR) is 163 cm³/mol. The van der Waals surface area contributed by atoms with Crippen molar-refractivity contribution in [2.24, 2.45) is 0 Å². The highest BCUT2D eigenvalue weighted by Crippen LogP contribution is 2.22. The molecule has 0 fully saturated rings. The molecule has 1 atom stereocenters. The van der Waals surface area contributed by atoms with Crippen molar-refractivity contribution in [3.05, 3.63) is 76.7 Å². The maximum Gasteiger partial charge on any atom is 0.308 e. The fourth-order valence-electron chi connectivity index (χ4n) is 4.48. The molecule has 2 N–H and O–H groups in total. The van der Waals surface area contributed by atoms with Gasteiger partial charge in [-0.15, -0.1) is 0 Å². The maximum atomic E-state index is 14.8. The Morgan fingerprint density at radius 2 is 2.07 bits per heavy atom. The molecular formula is C32H44FN5O5. The number of aryl methyl sites for hydroxylation is 3. The lowest BCUT2D eigenvalue weighted by molar-refractivity contribution is -0.143. The van der Waals surface area contributed by atoms with Crippen LogP contribution < -0.4 is 10.6 Å². The van der Waals surface area contributed by atoms with Gasteiger partial charge < -0.3 is 24.8 Å². The van der Waals surface area contributed by atoms with Gasteiger partial charge in [-0.3, -0.25) is 14.3 Å². The van der Waals surface area contributed by atoms with Gasteiger partial charge >= 0.3 is 5.97 Å². The fourth-order valence-corrected chi connectivity index (χ4v) is 4.48. The van der Waals surface area contributed by atoms with E-state index in [1.807, 2.05) is 26.8 Å². The summed E-state index contributed by atoms with van der Waals surface area (Å²) in [5, 5.41) is 10.8. The summed E-state index contributed by atoms with van der Waals surface area (Å²) in [7, 11) is 1.35. The molecule has 0 saturated heterocycles. The van der Waals surface area contributed by atoms with Gasteiger partial charge in [0.1, 0.15) is 17.3 Å². The number of hydrogen-bond donors (Lipinski definition) is 2. The first-order valence-corrected chi connectivity index (χ1v) is 14.6. The Labute approximate surface area is 253 Å². The molecule has 43 heavy (non-hydrogen) atoms. The molecule has 1 aliphatic rings. The van der Waals surface area contributed by atoms with Gasteiger partial charge in [0.15, 0.2) is 5.83 Å². The van der Waals surface area contributed by atoms with E-state index >= 15 is 0 Å². The van der Waals surface area contributed by atoms with Crippen LogP contribution in [0.2, 0.25) is 0 Å². The molecule has 2 aromatic heterocycles. The Bertz CT molecular complexity index is 1360. The number of esters is 1. The summed E-state index contributed by atoms with van der Waals surface area (Å²) in [5.41, 5.74) is 2.55. The molecule has 3 rings (SSSR count). The molecule has 234 valence electrons. The number of rotatable bonds is 14. The van der Waals surface area contributed by atoms with Crippen molar-refractivity contribution < 1.29 is 28.2 Å². The second kappa shape index (κ2) is 15.5. The highest BCUT2D eigenvalue weighted by atomic mass is 19.1. The van der Waals surface area contributed by atoms with Crippen molar-refractivity contribution in [1.29, 1.82) is 0 Å². The van der Waals surface area contributed by atoms with Crippen LogP contribution in [-0.2, 0) is 45.0 Å². The second-order valence-corrected chi connectivity index (χ2v) is 11.2. The van der Waals surface area contributed by atoms with Crippen LogP contribution in [0.5, 0.6) is 0 Å². The molecule has 10 nitrogen and oxygen atoms in total. The molecule has 1 aliphatic heterocycles. The first-order valence-electron chi connectivity index (χ1n) is 14.6. The molecule has 1 amide bonds. The standard InChI is InChI=1S/C32H44FN5O5/c1-8-28(41-7)25(33)17-21(3)26(18-29(39)42-9-2)36-31(40)24-19-38(37-27(24)20-43-32(4,5)6)16-14-23-13-12-22-11-10-15-34-30(22)35-23/h8,12-13,17,19,26H,3,9-11,14-16,18,20H2,1-2,4-7H3,(H,34,35)(H,36,40)/b25-17+,28-8+/t26-/m0/s1. The number of nitrogens with zero attached hydrogens (tertiary/aromatic N) is 3. The van der Waals surface area contributed by atoms with E-state index in [4.69, 9.17) is 19.2 Å². The Balaban J connectivity index is 1.84. The Hall–Kier alpha value is -3.99. The number of anilines is 1. The zero-order valence-corrected chi connectivity index (χ0v) is 26.1. The van der Waals surface area contributed by atoms with E-state index in [0.717, 1.165) is 37.0 Å². The van der Waals surface area contributed by atoms with Crippen molar-refractivity contribution in [2.75, 3.05) is 25.6 Å². The number of hydrogen-bond acceptors (Lipinski definition) is 8. The van der Waals surface area contributed by atoms with Crippen LogP contribution in [-0.4, -0.2) is 58.5 Å². The third-order valence-electron chi connectivity index (χ3n) is 6.73. The number of pyridine rings is 1. The highest BCUT2D eigenvalue weighted by Gasteiger charge is 2.25. The normalized spacial score (nSPS) is 14.4. The summed E-state index contributed by atoms with van der Waals surface area (Å²) in [5.74, 6) is -0.809. The summed E-state index contributed by atoms with van der Waals surface area (Å²) < 4.78 is 32.5. The van der Waals surface area contributed by atoms with Crippen LogP contribution in [0.1, 0.15) is 74.8 Å². The molecular weight excluding hydrogens is 553 g/mol. The predicted octanol–water partition coefficient (Wildman–Crippen LogP) is 5.21. The van der Waals surface area contributed by atoms with Gasteiger partial charge in [0.25, 0.3) is 5.91 Å². The minimum absolute atomic E-state index is 0.00875. The molecule has 3 heterocycles. The van der Waals surface area contributed by atoms with Gasteiger partial charge in [0.2, 0.25) is 0 Å². The van der Waals surface area contributed by atoms with E-state index < -0.39 is 29.3 Å². The summed E-state index contributed by atoms with van der Waals surface area (Å²) >= 11 is 0. The SMILES string of the molecule is C=C(/C=C(F)\C(=C/C)OC)[C@H](CC(=O)OCC)NC(=O)c1cn(CCc2ccc3c(n2)NCCC3)nc1COC(C)(C)C.